The molecule has 2 unspecified atom stereocenters. The summed E-state index contributed by atoms with van der Waals surface area (Å²) in [6.45, 7) is 10.9. The van der Waals surface area contributed by atoms with Crippen LogP contribution in [0.15, 0.2) is 30.8 Å². The van der Waals surface area contributed by atoms with Gasteiger partial charge in [-0.2, -0.15) is 0 Å². The summed E-state index contributed by atoms with van der Waals surface area (Å²) in [5.41, 5.74) is 1.70. The molecule has 2 nitrogen and oxygen atoms in total. The summed E-state index contributed by atoms with van der Waals surface area (Å²) < 4.78 is 11.6. The maximum absolute atomic E-state index is 5.95. The molecule has 3 heteroatoms. The third kappa shape index (κ3) is 4.67. The normalized spacial score (nSPS) is 14.6. The van der Waals surface area contributed by atoms with Crippen molar-refractivity contribution in [3.8, 4) is 5.75 Å². The van der Waals surface area contributed by atoms with Crippen LogP contribution in [0, 0.1) is 0 Å². The van der Waals surface area contributed by atoms with Gasteiger partial charge in [-0.3, -0.25) is 0 Å². The predicted molar refractivity (Wildman–Crippen MR) is 80.8 cm³/mol. The van der Waals surface area contributed by atoms with E-state index in [1.165, 1.54) is 0 Å². The van der Waals surface area contributed by atoms with Crippen molar-refractivity contribution in [2.45, 2.75) is 38.8 Å². The van der Waals surface area contributed by atoms with E-state index in [-0.39, 0.29) is 0 Å². The fraction of sp³-hybridized carbons (Fsp3) is 0.467. The monoisotopic (exact) mass is 264 g/mol. The van der Waals surface area contributed by atoms with E-state index in [2.05, 4.69) is 20.4 Å². The SMILES string of the molecule is C=Cc1ccc(O[SiH2]C(CC)C(C)OCC)cc1. The van der Waals surface area contributed by atoms with Crippen molar-refractivity contribution >= 4 is 15.8 Å². The summed E-state index contributed by atoms with van der Waals surface area (Å²) in [5.74, 6) is 0.967. The van der Waals surface area contributed by atoms with Crippen molar-refractivity contribution in [1.29, 1.82) is 0 Å². The number of hydrogen-bond acceptors (Lipinski definition) is 2. The number of rotatable bonds is 8. The summed E-state index contributed by atoms with van der Waals surface area (Å²) in [7, 11) is -0.610. The molecule has 0 aliphatic carbocycles. The molecule has 0 spiro atoms. The molecule has 0 aliphatic heterocycles. The highest BCUT2D eigenvalue weighted by atomic mass is 28.2. The highest BCUT2D eigenvalue weighted by molar-refractivity contribution is 6.31. The molecule has 100 valence electrons. The van der Waals surface area contributed by atoms with E-state index in [4.69, 9.17) is 9.16 Å². The van der Waals surface area contributed by atoms with Crippen molar-refractivity contribution in [1.82, 2.24) is 0 Å². The first kappa shape index (κ1) is 15.0. The van der Waals surface area contributed by atoms with Gasteiger partial charge in [-0.1, -0.05) is 38.1 Å². The van der Waals surface area contributed by atoms with Gasteiger partial charge in [-0.05, 0) is 31.5 Å². The Morgan fingerprint density at radius 1 is 1.28 bits per heavy atom. The Labute approximate surface area is 113 Å². The van der Waals surface area contributed by atoms with Gasteiger partial charge >= 0.3 is 0 Å². The Morgan fingerprint density at radius 3 is 2.44 bits per heavy atom. The van der Waals surface area contributed by atoms with Crippen molar-refractivity contribution in [2.75, 3.05) is 6.61 Å². The summed E-state index contributed by atoms with van der Waals surface area (Å²) >= 11 is 0. The Kier molecular flexibility index (Phi) is 6.76. The average Bonchev–Trinajstić information content (AvgIpc) is 2.40. The zero-order valence-corrected chi connectivity index (χ0v) is 13.1. The summed E-state index contributed by atoms with van der Waals surface area (Å²) in [6.07, 6.45) is 3.27. The Balaban J connectivity index is 2.48. The summed E-state index contributed by atoms with van der Waals surface area (Å²) in [6, 6.07) is 8.09. The number of ether oxygens (including phenoxy) is 1. The van der Waals surface area contributed by atoms with Crippen molar-refractivity contribution in [2.24, 2.45) is 0 Å². The van der Waals surface area contributed by atoms with Crippen LogP contribution in [0.3, 0.4) is 0 Å². The van der Waals surface area contributed by atoms with Gasteiger partial charge in [0.2, 0.25) is 9.76 Å². The lowest BCUT2D eigenvalue weighted by atomic mass is 10.2. The molecular weight excluding hydrogens is 240 g/mol. The number of hydrogen-bond donors (Lipinski definition) is 0. The lowest BCUT2D eigenvalue weighted by Gasteiger charge is -2.22. The molecule has 18 heavy (non-hydrogen) atoms. The number of benzene rings is 1. The molecule has 0 saturated heterocycles. The van der Waals surface area contributed by atoms with E-state index in [1.54, 1.807) is 0 Å². The van der Waals surface area contributed by atoms with Crippen LogP contribution in [0.2, 0.25) is 5.54 Å². The van der Waals surface area contributed by atoms with Crippen LogP contribution in [0.1, 0.15) is 32.8 Å². The standard InChI is InChI=1S/C15H24O2Si/c1-5-13-8-10-14(11-9-13)17-18-15(6-2)12(4)16-7-3/h5,8-12,15H,1,6-7,18H2,2-4H3. The van der Waals surface area contributed by atoms with Crippen molar-refractivity contribution < 1.29 is 9.16 Å². The van der Waals surface area contributed by atoms with Crippen LogP contribution < -0.4 is 4.43 Å². The van der Waals surface area contributed by atoms with Crippen molar-refractivity contribution in [3.05, 3.63) is 36.4 Å². The first-order valence-corrected chi connectivity index (χ1v) is 8.07. The van der Waals surface area contributed by atoms with Crippen LogP contribution >= 0.6 is 0 Å². The molecule has 1 aromatic rings. The van der Waals surface area contributed by atoms with E-state index in [9.17, 15) is 0 Å². The van der Waals surface area contributed by atoms with Crippen molar-refractivity contribution in [3.63, 3.8) is 0 Å². The Morgan fingerprint density at radius 2 is 1.94 bits per heavy atom. The highest BCUT2D eigenvalue weighted by Gasteiger charge is 2.17. The molecule has 0 heterocycles. The smallest absolute Gasteiger partial charge is 0.225 e. The van der Waals surface area contributed by atoms with E-state index in [1.807, 2.05) is 37.3 Å². The second-order valence-electron chi connectivity index (χ2n) is 4.41. The quantitative estimate of drug-likeness (QED) is 0.670. The molecule has 1 aromatic carbocycles. The van der Waals surface area contributed by atoms with Crippen LogP contribution in [0.25, 0.3) is 6.08 Å². The van der Waals surface area contributed by atoms with E-state index >= 15 is 0 Å². The lowest BCUT2D eigenvalue weighted by molar-refractivity contribution is 0.0681. The zero-order valence-electron chi connectivity index (χ0n) is 11.7. The third-order valence-corrected chi connectivity index (χ3v) is 5.37. The molecule has 0 N–H and O–H groups in total. The molecule has 0 amide bonds. The molecule has 0 radical (unpaired) electrons. The van der Waals surface area contributed by atoms with Gasteiger partial charge in [0.25, 0.3) is 0 Å². The first-order chi connectivity index (χ1) is 8.71. The Bertz CT molecular complexity index is 348. The summed E-state index contributed by atoms with van der Waals surface area (Å²) in [4.78, 5) is 0. The van der Waals surface area contributed by atoms with Gasteiger partial charge in [0.15, 0.2) is 0 Å². The third-order valence-electron chi connectivity index (χ3n) is 3.20. The van der Waals surface area contributed by atoms with Crippen LogP contribution in [0.5, 0.6) is 5.75 Å². The lowest BCUT2D eigenvalue weighted by Crippen LogP contribution is -2.23. The minimum atomic E-state index is -0.610. The molecule has 0 aliphatic rings. The maximum Gasteiger partial charge on any atom is 0.225 e. The van der Waals surface area contributed by atoms with Gasteiger partial charge in [0.05, 0.1) is 6.10 Å². The zero-order chi connectivity index (χ0) is 13.4. The minimum Gasteiger partial charge on any atom is -0.549 e. The largest absolute Gasteiger partial charge is 0.549 e. The predicted octanol–water partition coefficient (Wildman–Crippen LogP) is 3.42. The van der Waals surface area contributed by atoms with E-state index in [0.717, 1.165) is 24.3 Å². The van der Waals surface area contributed by atoms with E-state index < -0.39 is 9.76 Å². The molecule has 0 fully saturated rings. The topological polar surface area (TPSA) is 18.5 Å². The second kappa shape index (κ2) is 8.11. The van der Waals surface area contributed by atoms with Gasteiger partial charge in [-0.25, -0.2) is 0 Å². The van der Waals surface area contributed by atoms with Crippen LogP contribution in [-0.2, 0) is 4.74 Å². The van der Waals surface area contributed by atoms with Gasteiger partial charge in [0.1, 0.15) is 5.75 Å². The maximum atomic E-state index is 5.95. The molecule has 0 saturated carbocycles. The molecule has 2 atom stereocenters. The van der Waals surface area contributed by atoms with Gasteiger partial charge < -0.3 is 9.16 Å². The van der Waals surface area contributed by atoms with E-state index in [0.29, 0.717) is 11.6 Å². The van der Waals surface area contributed by atoms with Gasteiger partial charge in [0, 0.05) is 12.1 Å². The minimum absolute atomic E-state index is 0.305. The first-order valence-electron chi connectivity index (χ1n) is 6.68. The van der Waals surface area contributed by atoms with Crippen LogP contribution in [-0.4, -0.2) is 22.5 Å². The second-order valence-corrected chi connectivity index (χ2v) is 6.08. The molecule has 1 rings (SSSR count). The highest BCUT2D eigenvalue weighted by Crippen LogP contribution is 2.20. The fourth-order valence-corrected chi connectivity index (χ4v) is 3.13. The summed E-state index contributed by atoms with van der Waals surface area (Å²) in [5, 5.41) is 0. The Hall–Kier alpha value is -1.06. The fourth-order valence-electron chi connectivity index (χ4n) is 1.89. The molecule has 0 aromatic heterocycles. The average molecular weight is 264 g/mol. The molecule has 0 bridgehead atoms. The molecular formula is C15H24O2Si. The van der Waals surface area contributed by atoms with Gasteiger partial charge in [-0.15, -0.1) is 0 Å². The van der Waals surface area contributed by atoms with Crippen LogP contribution in [0.4, 0.5) is 0 Å².